The van der Waals surface area contributed by atoms with Crippen LogP contribution in [0.25, 0.3) is 0 Å². The van der Waals surface area contributed by atoms with E-state index in [1.54, 1.807) is 24.3 Å². The molecule has 0 bridgehead atoms. The third-order valence-electron chi connectivity index (χ3n) is 3.92. The molecule has 22 heavy (non-hydrogen) atoms. The van der Waals surface area contributed by atoms with E-state index in [1.807, 2.05) is 43.3 Å². The van der Waals surface area contributed by atoms with Crippen molar-refractivity contribution < 1.29 is 14.6 Å². The molecule has 3 rings (SSSR count). The van der Waals surface area contributed by atoms with Crippen molar-refractivity contribution in [1.29, 1.82) is 0 Å². The molecule has 2 aromatic rings. The molecule has 0 spiro atoms. The Hall–Kier alpha value is -2.55. The number of phenols is 1. The van der Waals surface area contributed by atoms with Crippen LogP contribution in [0.15, 0.2) is 60.7 Å². The van der Waals surface area contributed by atoms with E-state index < -0.39 is 0 Å². The molecular weight excluding hydrogens is 276 g/mol. The lowest BCUT2D eigenvalue weighted by molar-refractivity contribution is 0.0953. The number of allylic oxidation sites excluding steroid dienone is 1. The largest absolute Gasteiger partial charge is 0.508 e. The molecule has 0 fully saturated rings. The van der Waals surface area contributed by atoms with Crippen molar-refractivity contribution in [2.24, 2.45) is 0 Å². The SMILES string of the molecule is C/C=C\C1CC(c2ccc(O)cc2)C(=O)c2ccccc2O1. The third-order valence-corrected chi connectivity index (χ3v) is 3.92. The van der Waals surface area contributed by atoms with Gasteiger partial charge in [0.1, 0.15) is 17.6 Å². The summed E-state index contributed by atoms with van der Waals surface area (Å²) in [7, 11) is 0. The minimum absolute atomic E-state index is 0.0632. The van der Waals surface area contributed by atoms with Crippen LogP contribution in [-0.2, 0) is 0 Å². The van der Waals surface area contributed by atoms with Crippen molar-refractivity contribution in [3.05, 3.63) is 71.8 Å². The van der Waals surface area contributed by atoms with Crippen LogP contribution in [0.5, 0.6) is 11.5 Å². The third kappa shape index (κ3) is 2.75. The lowest BCUT2D eigenvalue weighted by Crippen LogP contribution is -2.18. The zero-order valence-electron chi connectivity index (χ0n) is 12.4. The monoisotopic (exact) mass is 294 g/mol. The molecule has 0 aromatic heterocycles. The standard InChI is InChI=1S/C19H18O3/c1-2-5-15-12-17(13-8-10-14(20)11-9-13)19(21)16-6-3-4-7-18(16)22-15/h2-11,15,17,20H,12H2,1H3/b5-2-. The van der Waals surface area contributed by atoms with Gasteiger partial charge in [0.2, 0.25) is 0 Å². The first kappa shape index (κ1) is 14.4. The molecule has 0 saturated carbocycles. The number of ether oxygens (including phenoxy) is 1. The maximum absolute atomic E-state index is 12.9. The molecule has 0 saturated heterocycles. The molecule has 0 aliphatic carbocycles. The van der Waals surface area contributed by atoms with E-state index >= 15 is 0 Å². The Morgan fingerprint density at radius 1 is 1.14 bits per heavy atom. The number of benzene rings is 2. The van der Waals surface area contributed by atoms with E-state index in [0.29, 0.717) is 17.7 Å². The minimum atomic E-state index is -0.273. The van der Waals surface area contributed by atoms with Gasteiger partial charge in [0.25, 0.3) is 0 Å². The van der Waals surface area contributed by atoms with Crippen LogP contribution in [-0.4, -0.2) is 17.0 Å². The predicted octanol–water partition coefficient (Wildman–Crippen LogP) is 4.09. The molecule has 2 aromatic carbocycles. The van der Waals surface area contributed by atoms with E-state index in [2.05, 4.69) is 0 Å². The van der Waals surface area contributed by atoms with Gasteiger partial charge >= 0.3 is 0 Å². The Morgan fingerprint density at radius 2 is 1.86 bits per heavy atom. The first-order chi connectivity index (χ1) is 10.7. The highest BCUT2D eigenvalue weighted by molar-refractivity contribution is 6.03. The molecule has 3 nitrogen and oxygen atoms in total. The number of phenolic OH excluding ortho intramolecular Hbond substituents is 1. The van der Waals surface area contributed by atoms with Crippen LogP contribution in [0.2, 0.25) is 0 Å². The van der Waals surface area contributed by atoms with Crippen LogP contribution < -0.4 is 4.74 Å². The fourth-order valence-corrected chi connectivity index (χ4v) is 2.84. The van der Waals surface area contributed by atoms with Gasteiger partial charge in [0.15, 0.2) is 5.78 Å². The summed E-state index contributed by atoms with van der Waals surface area (Å²) in [6.07, 6.45) is 4.36. The Kier molecular flexibility index (Phi) is 3.96. The fraction of sp³-hybridized carbons (Fsp3) is 0.211. The molecule has 1 N–H and O–H groups in total. The van der Waals surface area contributed by atoms with Gasteiger partial charge in [-0.25, -0.2) is 0 Å². The molecule has 1 aliphatic heterocycles. The summed E-state index contributed by atoms with van der Waals surface area (Å²) >= 11 is 0. The Bertz CT molecular complexity index is 701. The van der Waals surface area contributed by atoms with Gasteiger partial charge in [-0.3, -0.25) is 4.79 Å². The summed E-state index contributed by atoms with van der Waals surface area (Å²) in [4.78, 5) is 12.9. The maximum atomic E-state index is 12.9. The Balaban J connectivity index is 2.05. The van der Waals surface area contributed by atoms with E-state index in [-0.39, 0.29) is 23.6 Å². The minimum Gasteiger partial charge on any atom is -0.508 e. The Labute approximate surface area is 129 Å². The molecule has 0 amide bonds. The smallest absolute Gasteiger partial charge is 0.174 e. The molecule has 2 unspecified atom stereocenters. The van der Waals surface area contributed by atoms with E-state index in [9.17, 15) is 9.90 Å². The number of hydrogen-bond donors (Lipinski definition) is 1. The van der Waals surface area contributed by atoms with Gasteiger partial charge in [-0.15, -0.1) is 0 Å². The number of aromatic hydroxyl groups is 1. The van der Waals surface area contributed by atoms with Crippen molar-refractivity contribution in [2.75, 3.05) is 0 Å². The quantitative estimate of drug-likeness (QED) is 0.849. The molecule has 0 radical (unpaired) electrons. The summed E-state index contributed by atoms with van der Waals surface area (Å²) in [6.45, 7) is 1.94. The summed E-state index contributed by atoms with van der Waals surface area (Å²) in [6, 6.07) is 14.2. The zero-order chi connectivity index (χ0) is 15.5. The average Bonchev–Trinajstić information content (AvgIpc) is 2.66. The number of ketones is 1. The lowest BCUT2D eigenvalue weighted by Gasteiger charge is -2.17. The van der Waals surface area contributed by atoms with Crippen molar-refractivity contribution >= 4 is 5.78 Å². The Morgan fingerprint density at radius 3 is 2.59 bits per heavy atom. The summed E-state index contributed by atoms with van der Waals surface area (Å²) < 4.78 is 5.99. The van der Waals surface area contributed by atoms with Crippen LogP contribution >= 0.6 is 0 Å². The lowest BCUT2D eigenvalue weighted by atomic mass is 9.87. The molecule has 1 aliphatic rings. The fourth-order valence-electron chi connectivity index (χ4n) is 2.84. The van der Waals surface area contributed by atoms with Crippen molar-refractivity contribution in [2.45, 2.75) is 25.4 Å². The molecule has 112 valence electrons. The number of hydrogen-bond acceptors (Lipinski definition) is 3. The highest BCUT2D eigenvalue weighted by atomic mass is 16.5. The number of carbonyl (C=O) groups is 1. The summed E-state index contributed by atoms with van der Waals surface area (Å²) in [5, 5.41) is 9.45. The number of rotatable bonds is 2. The number of para-hydroxylation sites is 1. The maximum Gasteiger partial charge on any atom is 0.174 e. The first-order valence-electron chi connectivity index (χ1n) is 7.40. The van der Waals surface area contributed by atoms with Gasteiger partial charge in [-0.05, 0) is 42.8 Å². The normalized spacial score (nSPS) is 21.2. The molecule has 1 heterocycles. The van der Waals surface area contributed by atoms with Gasteiger partial charge < -0.3 is 9.84 Å². The number of carbonyl (C=O) groups excluding carboxylic acids is 1. The van der Waals surface area contributed by atoms with Crippen LogP contribution in [0, 0.1) is 0 Å². The van der Waals surface area contributed by atoms with Crippen LogP contribution in [0.3, 0.4) is 0 Å². The number of Topliss-reactive ketones (excluding diaryl/α,β-unsaturated/α-hetero) is 1. The topological polar surface area (TPSA) is 46.5 Å². The van der Waals surface area contributed by atoms with Crippen molar-refractivity contribution in [3.8, 4) is 11.5 Å². The van der Waals surface area contributed by atoms with Crippen LogP contribution in [0.4, 0.5) is 0 Å². The number of fused-ring (bicyclic) bond motifs is 1. The van der Waals surface area contributed by atoms with Gasteiger partial charge in [0.05, 0.1) is 11.5 Å². The summed E-state index contributed by atoms with van der Waals surface area (Å²) in [5.41, 5.74) is 1.52. The molecule has 3 heteroatoms. The van der Waals surface area contributed by atoms with E-state index in [0.717, 1.165) is 5.56 Å². The molecule has 2 atom stereocenters. The van der Waals surface area contributed by atoms with Gasteiger partial charge in [-0.2, -0.15) is 0 Å². The summed E-state index contributed by atoms with van der Waals surface area (Å²) in [5.74, 6) is 0.627. The van der Waals surface area contributed by atoms with E-state index in [1.165, 1.54) is 0 Å². The zero-order valence-corrected chi connectivity index (χ0v) is 12.4. The van der Waals surface area contributed by atoms with E-state index in [4.69, 9.17) is 4.74 Å². The second-order valence-electron chi connectivity index (χ2n) is 5.42. The predicted molar refractivity (Wildman–Crippen MR) is 85.5 cm³/mol. The highest BCUT2D eigenvalue weighted by Crippen LogP contribution is 2.35. The average molecular weight is 294 g/mol. The molecular formula is C19H18O3. The van der Waals surface area contributed by atoms with Crippen molar-refractivity contribution in [1.82, 2.24) is 0 Å². The highest BCUT2D eigenvalue weighted by Gasteiger charge is 2.31. The van der Waals surface area contributed by atoms with Crippen LogP contribution in [0.1, 0.15) is 35.2 Å². The first-order valence-corrected chi connectivity index (χ1v) is 7.40. The second-order valence-corrected chi connectivity index (χ2v) is 5.42. The van der Waals surface area contributed by atoms with Gasteiger partial charge in [-0.1, -0.05) is 30.3 Å². The van der Waals surface area contributed by atoms with Crippen molar-refractivity contribution in [3.63, 3.8) is 0 Å². The second kappa shape index (κ2) is 6.06. The van der Waals surface area contributed by atoms with Gasteiger partial charge in [0, 0.05) is 6.42 Å².